The van der Waals surface area contributed by atoms with Crippen molar-refractivity contribution in [3.8, 4) is 39.3 Å². The summed E-state index contributed by atoms with van der Waals surface area (Å²) in [5.41, 5.74) is 27.4. The molecule has 0 aliphatic carbocycles. The first-order chi connectivity index (χ1) is 61.9. The summed E-state index contributed by atoms with van der Waals surface area (Å²) in [6.45, 7) is 71.7. The van der Waals surface area contributed by atoms with Crippen LogP contribution >= 0.6 is 0 Å². The molecule has 0 amide bonds. The number of anilines is 5. The van der Waals surface area contributed by atoms with Crippen molar-refractivity contribution in [3.05, 3.63) is 337 Å². The molecule has 10 heteroatoms. The third-order valence-electron chi connectivity index (χ3n) is 20.4. The Kier molecular flexibility index (Phi) is 61.9. The van der Waals surface area contributed by atoms with E-state index in [1.165, 1.54) is 134 Å². The van der Waals surface area contributed by atoms with Gasteiger partial charge in [0.2, 0.25) is 16.9 Å². The molecule has 4 aliphatic rings. The summed E-state index contributed by atoms with van der Waals surface area (Å²) in [6.07, 6.45) is 13.9. The normalized spacial score (nSPS) is 12.6. The summed E-state index contributed by atoms with van der Waals surface area (Å²) in [5.74, 6) is 0. The van der Waals surface area contributed by atoms with Gasteiger partial charge in [0.15, 0.2) is 19.4 Å². The number of aromatic nitrogens is 4. The smallest absolute Gasteiger partial charge is 0.213 e. The van der Waals surface area contributed by atoms with Gasteiger partial charge in [-0.3, -0.25) is 0 Å². The predicted octanol–water partition coefficient (Wildman–Crippen LogP) is 32.8. The lowest BCUT2D eigenvalue weighted by atomic mass is 9.90. The second-order valence-electron chi connectivity index (χ2n) is 26.9. The Morgan fingerprint density at radius 1 is 0.283 bits per heavy atom. The Morgan fingerprint density at radius 3 is 1.15 bits per heavy atom. The topological polar surface area (TPSA) is 36.0 Å². The molecule has 10 nitrogen and oxygen atoms in total. The second-order valence-corrected chi connectivity index (χ2v) is 26.9. The van der Waals surface area contributed by atoms with Crippen LogP contribution in [-0.2, 0) is 21.1 Å². The molecule has 10 aromatic carbocycles. The number of para-hydroxylation sites is 7. The van der Waals surface area contributed by atoms with Gasteiger partial charge in [0, 0.05) is 108 Å². The number of hydrogen-bond acceptors (Lipinski definition) is 6. The van der Waals surface area contributed by atoms with Crippen LogP contribution < -0.4 is 33.4 Å². The third-order valence-corrected chi connectivity index (χ3v) is 20.4. The van der Waals surface area contributed by atoms with E-state index in [1.54, 1.807) is 0 Å². The van der Waals surface area contributed by atoms with E-state index in [0.29, 0.717) is 18.5 Å². The van der Waals surface area contributed by atoms with E-state index in [4.69, 9.17) is 0 Å². The van der Waals surface area contributed by atoms with E-state index in [0.717, 1.165) is 0 Å². The number of nitrogens with zero attached hydrogens (tertiary/aromatic N) is 10. The maximum Gasteiger partial charge on any atom is 0.213 e. The van der Waals surface area contributed by atoms with Gasteiger partial charge in [0.25, 0.3) is 0 Å². The van der Waals surface area contributed by atoms with Crippen LogP contribution in [0.25, 0.3) is 66.7 Å². The summed E-state index contributed by atoms with van der Waals surface area (Å²) in [6, 6.07) is 92.0. The lowest BCUT2D eigenvalue weighted by Gasteiger charge is -2.36. The van der Waals surface area contributed by atoms with Crippen molar-refractivity contribution in [3.63, 3.8) is 0 Å². The van der Waals surface area contributed by atoms with Crippen LogP contribution in [0.3, 0.4) is 0 Å². The molecule has 0 bridgehead atoms. The standard InChI is InChI=1S/C18H18N2.2C17H16N.C16H18N2.C12H16N2.C11H13N2.13C2H6/c1-12-7-6-10-16-14-8-4-5-9-15(14)17-11-19(3)13(2)20(17)18(12)16;1-13-7-3-6-10-16(13)17-11-14-8-4-5-9-15(14)12-18(17)2;1-13-7-3-5-9-15(13)17-12-11-14-8-4-6-10-16(14)18(17)2;1-12-8-4-5-9-14(12)18-13(2)17(3)15-10-6-7-11-16(15)18;1-10-6-4-5-7-12(10)14-9-8-13(3)11(14)2;1-10-6-3-4-7-11(10)13-9-5-8-12(13)2;13*1-2/h4-11,13H,1-3H3;2*3-12H,1-2H3;4-11,13H,1-3H3;4-9,11H,1-3H3;3-9H,1-2H3;13*1-2H3/q;2*+1;;;+1;;;;;;;;;;;;;/t13-;;;13-;11-;;;;;;;;;;;;;;/m0..00............../s1. The Labute approximate surface area is 778 Å². The highest BCUT2D eigenvalue weighted by molar-refractivity contribution is 6.01. The van der Waals surface area contributed by atoms with E-state index < -0.39 is 0 Å². The zero-order valence-electron chi connectivity index (χ0n) is 87.5. The SMILES string of the molecule is CC.CC.CC.CC.CC.CC.CC.CC.CC.CC.CC.CC.CC.Cc1cccc2c1N1C(=CN(C)[C@@H]1C)c1ccccc1-2.Cc1ccccc1-c1cc2ccccc2c[n+]1C.Cc1ccccc1-c1ccc2ccccc2[n+]1C.Cc1ccccc1-n1ccc[n+]1C.Cc1ccccc1N1C=CN(C)[C@@H]1C.Cc1ccccc1N1c2ccccc2N(C)[C@@H]1C. The molecule has 0 unspecified atom stereocenters. The number of fused-ring (bicyclic) bond motifs is 9. The fourth-order valence-corrected chi connectivity index (χ4v) is 14.2. The Morgan fingerprint density at radius 2 is 0.677 bits per heavy atom. The minimum absolute atomic E-state index is 0.350. The molecule has 0 saturated carbocycles. The van der Waals surface area contributed by atoms with Crippen molar-refractivity contribution >= 4 is 55.8 Å². The van der Waals surface area contributed by atoms with Gasteiger partial charge in [-0.25, -0.2) is 4.57 Å². The minimum atomic E-state index is 0.350. The predicted molar refractivity (Wildman–Crippen MR) is 572 cm³/mol. The number of pyridine rings is 2. The van der Waals surface area contributed by atoms with E-state index in [-0.39, 0.29) is 0 Å². The average molecular weight is 1720 g/mol. The average Bonchev–Trinajstić information content (AvgIpc) is 1.62. The zero-order valence-corrected chi connectivity index (χ0v) is 87.5. The summed E-state index contributed by atoms with van der Waals surface area (Å²) in [4.78, 5) is 14.0. The lowest BCUT2D eigenvalue weighted by Crippen LogP contribution is -2.36. The summed E-state index contributed by atoms with van der Waals surface area (Å²) in [7, 11) is 12.7. The van der Waals surface area contributed by atoms with Crippen LogP contribution in [0.2, 0.25) is 0 Å². The Hall–Kier alpha value is -11.5. The highest BCUT2D eigenvalue weighted by Crippen LogP contribution is 2.49. The van der Waals surface area contributed by atoms with Gasteiger partial charge in [0.1, 0.15) is 38.3 Å². The first-order valence-corrected chi connectivity index (χ1v) is 48.2. The molecular weight excluding hydrogens is 1550 g/mol. The maximum atomic E-state index is 2.47. The van der Waals surface area contributed by atoms with E-state index in [9.17, 15) is 0 Å². The summed E-state index contributed by atoms with van der Waals surface area (Å²) >= 11 is 0. The molecule has 0 spiro atoms. The monoisotopic (exact) mass is 1720 g/mol. The highest BCUT2D eigenvalue weighted by atomic mass is 15.4. The van der Waals surface area contributed by atoms with E-state index in [2.05, 4.69) is 431 Å². The second kappa shape index (κ2) is 66.9. The zero-order chi connectivity index (χ0) is 97.0. The molecule has 0 radical (unpaired) electrons. The van der Waals surface area contributed by atoms with Crippen molar-refractivity contribution in [2.75, 3.05) is 40.7 Å². The minimum Gasteiger partial charge on any atom is -0.359 e. The molecule has 690 valence electrons. The van der Waals surface area contributed by atoms with Crippen LogP contribution in [0, 0.1) is 41.5 Å². The molecule has 17 rings (SSSR count). The van der Waals surface area contributed by atoms with E-state index >= 15 is 0 Å². The molecule has 3 atom stereocenters. The van der Waals surface area contributed by atoms with Crippen LogP contribution in [0.5, 0.6) is 0 Å². The number of rotatable bonds is 5. The van der Waals surface area contributed by atoms with E-state index in [1.807, 2.05) is 199 Å². The quantitative estimate of drug-likeness (QED) is 0.160. The molecule has 3 aromatic heterocycles. The molecule has 7 heterocycles. The van der Waals surface area contributed by atoms with Crippen molar-refractivity contribution in [2.24, 2.45) is 21.1 Å². The number of hydrogen-bond donors (Lipinski definition) is 0. The van der Waals surface area contributed by atoms with Crippen molar-refractivity contribution < 1.29 is 13.8 Å². The van der Waals surface area contributed by atoms with Crippen LogP contribution in [0.15, 0.2) is 298 Å². The fourth-order valence-electron chi connectivity index (χ4n) is 14.2. The first kappa shape index (κ1) is 118. The molecular formula is C117H175N10+3. The summed E-state index contributed by atoms with van der Waals surface area (Å²) < 4.78 is 8.64. The number of benzene rings is 10. The van der Waals surface area contributed by atoms with Gasteiger partial charge >= 0.3 is 0 Å². The molecule has 0 saturated heterocycles. The Bertz CT molecular complexity index is 5090. The van der Waals surface area contributed by atoms with Gasteiger partial charge in [-0.05, 0) is 167 Å². The lowest BCUT2D eigenvalue weighted by molar-refractivity contribution is -0.744. The fraction of sp³-hybridized carbons (Fsp3) is 0.376. The van der Waals surface area contributed by atoms with Crippen LogP contribution in [-0.4, -0.2) is 54.1 Å². The van der Waals surface area contributed by atoms with Gasteiger partial charge in [-0.15, -0.1) is 9.36 Å². The number of aryl methyl sites for hydroxylation is 9. The summed E-state index contributed by atoms with van der Waals surface area (Å²) in [5, 5.41) is 3.84. The van der Waals surface area contributed by atoms with Crippen molar-refractivity contribution in [2.45, 2.75) is 261 Å². The highest BCUT2D eigenvalue weighted by Gasteiger charge is 2.36. The van der Waals surface area contributed by atoms with Crippen molar-refractivity contribution in [1.82, 2.24) is 14.5 Å². The molecule has 13 aromatic rings. The van der Waals surface area contributed by atoms with Crippen molar-refractivity contribution in [1.29, 1.82) is 0 Å². The van der Waals surface area contributed by atoms with Gasteiger partial charge < -0.3 is 29.4 Å². The third kappa shape index (κ3) is 31.8. The molecule has 127 heavy (non-hydrogen) atoms. The first-order valence-electron chi connectivity index (χ1n) is 48.2. The molecule has 0 N–H and O–H groups in total. The molecule has 0 fully saturated rings. The van der Waals surface area contributed by atoms with Crippen LogP contribution in [0.1, 0.15) is 240 Å². The van der Waals surface area contributed by atoms with Gasteiger partial charge in [0.05, 0.1) is 29.0 Å². The Balaban J connectivity index is 0. The maximum absolute atomic E-state index is 2.47. The largest absolute Gasteiger partial charge is 0.359 e. The molecule has 4 aliphatic heterocycles. The van der Waals surface area contributed by atoms with Gasteiger partial charge in [-0.2, -0.15) is 4.57 Å². The van der Waals surface area contributed by atoms with Gasteiger partial charge in [-0.1, -0.05) is 356 Å². The van der Waals surface area contributed by atoms with Crippen LogP contribution in [0.4, 0.5) is 28.4 Å².